The predicted octanol–water partition coefficient (Wildman–Crippen LogP) is 4.40. The Morgan fingerprint density at radius 2 is 1.62 bits per heavy atom. The number of ether oxygens (including phenoxy) is 1. The highest BCUT2D eigenvalue weighted by molar-refractivity contribution is 7.89. The van der Waals surface area contributed by atoms with Crippen LogP contribution in [0.15, 0.2) is 82.7 Å². The maximum atomic E-state index is 13.3. The summed E-state index contributed by atoms with van der Waals surface area (Å²) in [6, 6.07) is 20.0. The van der Waals surface area contributed by atoms with Crippen LogP contribution in [0.4, 0.5) is 10.1 Å². The van der Waals surface area contributed by atoms with E-state index in [0.717, 1.165) is 17.1 Å². The average molecular weight is 452 g/mol. The number of aliphatic imine (C=N–C) groups is 1. The molecule has 6 nitrogen and oxygen atoms in total. The summed E-state index contributed by atoms with van der Waals surface area (Å²) in [5.74, 6) is 1.69. The number of benzene rings is 3. The molecule has 2 aliphatic rings. The van der Waals surface area contributed by atoms with Crippen LogP contribution >= 0.6 is 0 Å². The minimum Gasteiger partial charge on any atom is -0.454 e. The number of sulfonamides is 1. The topological polar surface area (TPSA) is 62.2 Å². The van der Waals surface area contributed by atoms with Crippen LogP contribution in [-0.4, -0.2) is 49.1 Å². The van der Waals surface area contributed by atoms with E-state index in [4.69, 9.17) is 9.73 Å². The van der Waals surface area contributed by atoms with Crippen LogP contribution in [0.2, 0.25) is 0 Å². The molecule has 3 aromatic rings. The zero-order valence-corrected chi connectivity index (χ0v) is 18.3. The number of nitrogens with zero attached hydrogens (tertiary/aromatic N) is 3. The van der Waals surface area contributed by atoms with Gasteiger partial charge in [-0.2, -0.15) is 4.31 Å². The molecule has 0 aliphatic carbocycles. The lowest BCUT2D eigenvalue weighted by atomic mass is 10.1. The van der Waals surface area contributed by atoms with E-state index in [-0.39, 0.29) is 10.9 Å². The number of hydrogen-bond acceptors (Lipinski definition) is 5. The Labute approximate surface area is 186 Å². The van der Waals surface area contributed by atoms with Crippen molar-refractivity contribution >= 4 is 21.5 Å². The zero-order valence-electron chi connectivity index (χ0n) is 17.5. The van der Waals surface area contributed by atoms with Gasteiger partial charge in [-0.15, -0.1) is 0 Å². The SMILES string of the molecule is CC1CN(C2=Nc3ccccc3Oc3ccccc32)CCN1S(=O)(=O)c1ccc(F)cc1. The quantitative estimate of drug-likeness (QED) is 0.579. The largest absolute Gasteiger partial charge is 0.454 e. The first-order chi connectivity index (χ1) is 15.4. The van der Waals surface area contributed by atoms with Gasteiger partial charge in [0.05, 0.1) is 10.5 Å². The molecule has 1 atom stereocenters. The molecular weight excluding hydrogens is 429 g/mol. The fraction of sp³-hybridized carbons (Fsp3) is 0.208. The van der Waals surface area contributed by atoms with Gasteiger partial charge >= 0.3 is 0 Å². The standard InChI is InChI=1S/C24H22FN3O3S/c1-17-16-27(14-15-28(17)32(29,30)19-12-10-18(25)11-13-19)24-20-6-2-4-8-22(20)31-23-9-5-3-7-21(23)26-24/h2-13,17H,14-16H2,1H3. The molecule has 0 saturated carbocycles. The van der Waals surface area contributed by atoms with E-state index in [1.54, 1.807) is 0 Å². The molecule has 1 fully saturated rings. The number of piperazine rings is 1. The Balaban J connectivity index is 1.46. The van der Waals surface area contributed by atoms with Crippen molar-refractivity contribution in [2.24, 2.45) is 4.99 Å². The molecule has 5 rings (SSSR count). The number of para-hydroxylation sites is 3. The molecule has 8 heteroatoms. The van der Waals surface area contributed by atoms with E-state index in [2.05, 4.69) is 4.90 Å². The molecule has 1 saturated heterocycles. The van der Waals surface area contributed by atoms with Crippen molar-refractivity contribution in [2.75, 3.05) is 19.6 Å². The molecule has 2 heterocycles. The van der Waals surface area contributed by atoms with Crippen molar-refractivity contribution in [2.45, 2.75) is 17.9 Å². The molecule has 3 aromatic carbocycles. The Morgan fingerprint density at radius 1 is 0.938 bits per heavy atom. The molecular formula is C24H22FN3O3S. The molecule has 2 aliphatic heterocycles. The minimum absolute atomic E-state index is 0.0960. The summed E-state index contributed by atoms with van der Waals surface area (Å²) >= 11 is 0. The van der Waals surface area contributed by atoms with Crippen LogP contribution in [0.5, 0.6) is 11.5 Å². The maximum absolute atomic E-state index is 13.3. The van der Waals surface area contributed by atoms with E-state index in [1.165, 1.54) is 28.6 Å². The van der Waals surface area contributed by atoms with Crippen LogP contribution in [0.3, 0.4) is 0 Å². The minimum atomic E-state index is -3.72. The number of rotatable bonds is 2. The summed E-state index contributed by atoms with van der Waals surface area (Å²) in [6.07, 6.45) is 0. The average Bonchev–Trinajstić information content (AvgIpc) is 2.96. The lowest BCUT2D eigenvalue weighted by molar-refractivity contribution is 0.205. The number of halogens is 1. The van der Waals surface area contributed by atoms with Crippen molar-refractivity contribution < 1.29 is 17.5 Å². The van der Waals surface area contributed by atoms with Crippen LogP contribution in [-0.2, 0) is 10.0 Å². The van der Waals surface area contributed by atoms with Gasteiger partial charge in [-0.05, 0) is 55.5 Å². The molecule has 0 bridgehead atoms. The lowest BCUT2D eigenvalue weighted by Gasteiger charge is -2.40. The molecule has 0 aromatic heterocycles. The third kappa shape index (κ3) is 3.65. The Hall–Kier alpha value is -3.23. The fourth-order valence-corrected chi connectivity index (χ4v) is 5.76. The summed E-state index contributed by atoms with van der Waals surface area (Å²) < 4.78 is 47.2. The highest BCUT2D eigenvalue weighted by Gasteiger charge is 2.35. The lowest BCUT2D eigenvalue weighted by Crippen LogP contribution is -2.55. The Bertz CT molecular complexity index is 1290. The van der Waals surface area contributed by atoms with E-state index in [1.807, 2.05) is 55.5 Å². The van der Waals surface area contributed by atoms with Crippen LogP contribution < -0.4 is 4.74 Å². The van der Waals surface area contributed by atoms with Crippen molar-refractivity contribution in [3.8, 4) is 11.5 Å². The van der Waals surface area contributed by atoms with E-state index < -0.39 is 15.8 Å². The molecule has 1 unspecified atom stereocenters. The third-order valence-corrected chi connectivity index (χ3v) is 7.75. The van der Waals surface area contributed by atoms with Crippen LogP contribution in [0.25, 0.3) is 0 Å². The van der Waals surface area contributed by atoms with E-state index >= 15 is 0 Å². The Morgan fingerprint density at radius 3 is 2.38 bits per heavy atom. The van der Waals surface area contributed by atoms with Gasteiger partial charge in [-0.25, -0.2) is 17.8 Å². The van der Waals surface area contributed by atoms with Crippen molar-refractivity contribution in [3.63, 3.8) is 0 Å². The maximum Gasteiger partial charge on any atom is 0.243 e. The van der Waals surface area contributed by atoms with Gasteiger partial charge in [0.2, 0.25) is 10.0 Å². The van der Waals surface area contributed by atoms with Gasteiger partial charge in [-0.1, -0.05) is 24.3 Å². The molecule has 164 valence electrons. The van der Waals surface area contributed by atoms with E-state index in [0.29, 0.717) is 31.1 Å². The number of hydrogen-bond donors (Lipinski definition) is 0. The van der Waals surface area contributed by atoms with Gasteiger partial charge in [0, 0.05) is 25.7 Å². The Kier molecular flexibility index (Phi) is 5.19. The fourth-order valence-electron chi connectivity index (χ4n) is 4.14. The van der Waals surface area contributed by atoms with Crippen LogP contribution in [0.1, 0.15) is 12.5 Å². The van der Waals surface area contributed by atoms with Gasteiger partial charge in [-0.3, -0.25) is 0 Å². The van der Waals surface area contributed by atoms with Crippen molar-refractivity contribution in [1.29, 1.82) is 0 Å². The first-order valence-electron chi connectivity index (χ1n) is 10.4. The van der Waals surface area contributed by atoms with Gasteiger partial charge in [0.25, 0.3) is 0 Å². The molecule has 0 radical (unpaired) electrons. The second kappa shape index (κ2) is 8.03. The number of fused-ring (bicyclic) bond motifs is 2. The summed E-state index contributed by atoms with van der Waals surface area (Å²) in [6.45, 7) is 3.11. The summed E-state index contributed by atoms with van der Waals surface area (Å²) in [5.41, 5.74) is 1.60. The van der Waals surface area contributed by atoms with E-state index in [9.17, 15) is 12.8 Å². The monoisotopic (exact) mass is 451 g/mol. The molecule has 0 N–H and O–H groups in total. The van der Waals surface area contributed by atoms with Crippen molar-refractivity contribution in [3.05, 3.63) is 84.2 Å². The van der Waals surface area contributed by atoms with Gasteiger partial charge < -0.3 is 9.64 Å². The number of amidine groups is 1. The zero-order chi connectivity index (χ0) is 22.3. The molecule has 0 amide bonds. The first-order valence-corrected chi connectivity index (χ1v) is 11.8. The normalized spacial score (nSPS) is 18.8. The van der Waals surface area contributed by atoms with Crippen molar-refractivity contribution in [1.82, 2.24) is 9.21 Å². The molecule has 32 heavy (non-hydrogen) atoms. The summed E-state index contributed by atoms with van der Waals surface area (Å²) in [4.78, 5) is 7.10. The van der Waals surface area contributed by atoms with Gasteiger partial charge in [0.1, 0.15) is 23.1 Å². The smallest absolute Gasteiger partial charge is 0.243 e. The second-order valence-corrected chi connectivity index (χ2v) is 9.76. The summed E-state index contributed by atoms with van der Waals surface area (Å²) in [7, 11) is -3.72. The second-order valence-electron chi connectivity index (χ2n) is 7.87. The summed E-state index contributed by atoms with van der Waals surface area (Å²) in [5, 5.41) is 0. The highest BCUT2D eigenvalue weighted by Crippen LogP contribution is 2.38. The highest BCUT2D eigenvalue weighted by atomic mass is 32.2. The molecule has 0 spiro atoms. The third-order valence-electron chi connectivity index (χ3n) is 5.73. The van der Waals surface area contributed by atoms with Gasteiger partial charge in [0.15, 0.2) is 5.75 Å². The first kappa shape index (κ1) is 20.7. The van der Waals surface area contributed by atoms with Crippen LogP contribution in [0, 0.1) is 5.82 Å². The predicted molar refractivity (Wildman–Crippen MR) is 120 cm³/mol.